The molecule has 0 aliphatic carbocycles. The highest BCUT2D eigenvalue weighted by Gasteiger charge is 2.38. The second-order valence-electron chi connectivity index (χ2n) is 7.81. The van der Waals surface area contributed by atoms with Gasteiger partial charge in [-0.2, -0.15) is 17.9 Å². The van der Waals surface area contributed by atoms with Crippen LogP contribution in [0.3, 0.4) is 0 Å². The third-order valence-corrected chi connectivity index (χ3v) is 7.58. The number of halogens is 1. The van der Waals surface area contributed by atoms with E-state index in [1.807, 2.05) is 31.2 Å². The number of benzene rings is 3. The highest BCUT2D eigenvalue weighted by Crippen LogP contribution is 2.38. The SMILES string of the molecule is Cc1ccccc1C1CC(c2cccc(NS(C)(=O)=O)c2)=NN1S(=O)(=O)c1ccc(F)cc1. The minimum atomic E-state index is -4.08. The third kappa shape index (κ3) is 4.91. The number of hydrazone groups is 1. The molecule has 0 aromatic heterocycles. The maximum absolute atomic E-state index is 13.5. The number of hydrogen-bond donors (Lipinski definition) is 1. The Kier molecular flexibility index (Phi) is 5.98. The molecule has 0 radical (unpaired) electrons. The monoisotopic (exact) mass is 487 g/mol. The average molecular weight is 488 g/mol. The fourth-order valence-corrected chi connectivity index (χ4v) is 5.75. The molecular weight excluding hydrogens is 465 g/mol. The summed E-state index contributed by atoms with van der Waals surface area (Å²) in [6.45, 7) is 1.90. The molecule has 0 saturated carbocycles. The maximum Gasteiger partial charge on any atom is 0.279 e. The minimum absolute atomic E-state index is 0.0695. The van der Waals surface area contributed by atoms with E-state index in [1.165, 1.54) is 12.1 Å². The molecule has 3 aromatic rings. The topological polar surface area (TPSA) is 95.9 Å². The molecule has 0 fully saturated rings. The van der Waals surface area contributed by atoms with E-state index < -0.39 is 31.9 Å². The minimum Gasteiger partial charge on any atom is -0.284 e. The Labute approximate surface area is 192 Å². The van der Waals surface area contributed by atoms with E-state index in [4.69, 9.17) is 0 Å². The van der Waals surface area contributed by atoms with Crippen LogP contribution < -0.4 is 4.72 Å². The van der Waals surface area contributed by atoms with Gasteiger partial charge >= 0.3 is 0 Å². The molecule has 1 aliphatic rings. The Bertz CT molecular complexity index is 1440. The summed E-state index contributed by atoms with van der Waals surface area (Å²) in [5.41, 5.74) is 3.15. The zero-order valence-electron chi connectivity index (χ0n) is 17.9. The number of sulfonamides is 2. The molecule has 0 spiro atoms. The lowest BCUT2D eigenvalue weighted by Gasteiger charge is -2.24. The smallest absolute Gasteiger partial charge is 0.279 e. The molecule has 1 heterocycles. The first kappa shape index (κ1) is 22.9. The van der Waals surface area contributed by atoms with Crippen molar-refractivity contribution in [1.29, 1.82) is 0 Å². The standard InChI is InChI=1S/C23H22FN3O4S2/c1-16-6-3-4-9-21(16)23-15-22(17-7-5-8-19(14-17)26-32(2,28)29)25-27(23)33(30,31)20-12-10-18(24)11-13-20/h3-14,23,26H,15H2,1-2H3. The maximum atomic E-state index is 13.5. The van der Waals surface area contributed by atoms with Crippen LogP contribution in [0.15, 0.2) is 82.8 Å². The molecule has 3 aromatic carbocycles. The largest absolute Gasteiger partial charge is 0.284 e. The van der Waals surface area contributed by atoms with Gasteiger partial charge < -0.3 is 0 Å². The van der Waals surface area contributed by atoms with Gasteiger partial charge in [0.2, 0.25) is 10.0 Å². The van der Waals surface area contributed by atoms with Crippen LogP contribution in [0.1, 0.15) is 29.2 Å². The van der Waals surface area contributed by atoms with Crippen LogP contribution >= 0.6 is 0 Å². The average Bonchev–Trinajstić information content (AvgIpc) is 3.20. The summed E-state index contributed by atoms with van der Waals surface area (Å²) in [4.78, 5) is -0.0695. The van der Waals surface area contributed by atoms with Crippen molar-refractivity contribution in [2.75, 3.05) is 11.0 Å². The van der Waals surface area contributed by atoms with E-state index in [-0.39, 0.29) is 11.3 Å². The normalized spacial score (nSPS) is 16.5. The number of rotatable bonds is 6. The number of nitrogens with one attached hydrogen (secondary N) is 1. The van der Waals surface area contributed by atoms with Crippen molar-refractivity contribution >= 4 is 31.4 Å². The molecular formula is C23H22FN3O4S2. The zero-order chi connectivity index (χ0) is 23.8. The van der Waals surface area contributed by atoms with Crippen molar-refractivity contribution < 1.29 is 21.2 Å². The number of aryl methyl sites for hydroxylation is 1. The van der Waals surface area contributed by atoms with Gasteiger partial charge in [0.25, 0.3) is 10.0 Å². The molecule has 0 bridgehead atoms. The van der Waals surface area contributed by atoms with Crippen LogP contribution in [-0.4, -0.2) is 33.2 Å². The summed E-state index contributed by atoms with van der Waals surface area (Å²) < 4.78 is 67.1. The summed E-state index contributed by atoms with van der Waals surface area (Å²) in [6, 6.07) is 18.1. The van der Waals surface area contributed by atoms with Crippen molar-refractivity contribution in [3.63, 3.8) is 0 Å². The van der Waals surface area contributed by atoms with Crippen molar-refractivity contribution in [1.82, 2.24) is 4.41 Å². The van der Waals surface area contributed by atoms with Crippen LogP contribution in [0, 0.1) is 12.7 Å². The highest BCUT2D eigenvalue weighted by atomic mass is 32.2. The van der Waals surface area contributed by atoms with Gasteiger partial charge in [-0.25, -0.2) is 12.8 Å². The van der Waals surface area contributed by atoms with E-state index in [9.17, 15) is 21.2 Å². The number of hydrogen-bond acceptors (Lipinski definition) is 5. The summed E-state index contributed by atoms with van der Waals surface area (Å²) in [5.74, 6) is -0.537. The highest BCUT2D eigenvalue weighted by molar-refractivity contribution is 7.92. The molecule has 1 N–H and O–H groups in total. The number of anilines is 1. The molecule has 1 atom stereocenters. The van der Waals surface area contributed by atoms with Gasteiger partial charge in [0.05, 0.1) is 22.9 Å². The van der Waals surface area contributed by atoms with Gasteiger partial charge in [-0.05, 0) is 60.0 Å². The molecule has 1 unspecified atom stereocenters. The summed E-state index contributed by atoms with van der Waals surface area (Å²) in [6.07, 6.45) is 1.34. The molecule has 10 heteroatoms. The quantitative estimate of drug-likeness (QED) is 0.568. The van der Waals surface area contributed by atoms with E-state index in [0.29, 0.717) is 17.0 Å². The molecule has 7 nitrogen and oxygen atoms in total. The Morgan fingerprint density at radius 3 is 2.33 bits per heavy atom. The Morgan fingerprint density at radius 2 is 1.67 bits per heavy atom. The predicted molar refractivity (Wildman–Crippen MR) is 125 cm³/mol. The van der Waals surface area contributed by atoms with Crippen LogP contribution in [0.2, 0.25) is 0 Å². The number of nitrogens with zero attached hydrogens (tertiary/aromatic N) is 2. The molecule has 33 heavy (non-hydrogen) atoms. The van der Waals surface area contributed by atoms with Crippen LogP contribution in [0.5, 0.6) is 0 Å². The van der Waals surface area contributed by atoms with E-state index >= 15 is 0 Å². The fourth-order valence-electron chi connectivity index (χ4n) is 3.77. The molecule has 1 aliphatic heterocycles. The lowest BCUT2D eigenvalue weighted by atomic mass is 9.96. The van der Waals surface area contributed by atoms with Gasteiger partial charge in [-0.1, -0.05) is 36.4 Å². The van der Waals surface area contributed by atoms with E-state index in [2.05, 4.69) is 9.82 Å². The summed E-state index contributed by atoms with van der Waals surface area (Å²) >= 11 is 0. The van der Waals surface area contributed by atoms with Gasteiger partial charge in [0.1, 0.15) is 5.82 Å². The first-order valence-corrected chi connectivity index (χ1v) is 13.4. The first-order chi connectivity index (χ1) is 15.5. The van der Waals surface area contributed by atoms with Gasteiger partial charge in [-0.3, -0.25) is 4.72 Å². The van der Waals surface area contributed by atoms with Crippen molar-refractivity contribution in [3.05, 3.63) is 95.3 Å². The zero-order valence-corrected chi connectivity index (χ0v) is 19.6. The van der Waals surface area contributed by atoms with Crippen molar-refractivity contribution in [2.24, 2.45) is 5.10 Å². The van der Waals surface area contributed by atoms with Crippen molar-refractivity contribution in [3.8, 4) is 0 Å². The summed E-state index contributed by atoms with van der Waals surface area (Å²) in [7, 11) is -7.56. The van der Waals surface area contributed by atoms with E-state index in [0.717, 1.165) is 33.9 Å². The van der Waals surface area contributed by atoms with Gasteiger partial charge in [0.15, 0.2) is 0 Å². The first-order valence-electron chi connectivity index (χ1n) is 10.1. The predicted octanol–water partition coefficient (Wildman–Crippen LogP) is 4.05. The molecule has 0 saturated heterocycles. The Balaban J connectivity index is 1.80. The van der Waals surface area contributed by atoms with E-state index in [1.54, 1.807) is 24.3 Å². The molecule has 172 valence electrons. The lowest BCUT2D eigenvalue weighted by molar-refractivity contribution is 0.370. The Morgan fingerprint density at radius 1 is 0.970 bits per heavy atom. The Hall–Kier alpha value is -3.24. The van der Waals surface area contributed by atoms with Crippen LogP contribution in [-0.2, 0) is 20.0 Å². The van der Waals surface area contributed by atoms with Gasteiger partial charge in [0, 0.05) is 12.1 Å². The lowest BCUT2D eigenvalue weighted by Crippen LogP contribution is -2.27. The van der Waals surface area contributed by atoms with Crippen LogP contribution in [0.25, 0.3) is 0 Å². The summed E-state index contributed by atoms with van der Waals surface area (Å²) in [5, 5.41) is 4.46. The van der Waals surface area contributed by atoms with Crippen LogP contribution in [0.4, 0.5) is 10.1 Å². The second kappa shape index (κ2) is 8.60. The molecule has 0 amide bonds. The van der Waals surface area contributed by atoms with Crippen molar-refractivity contribution in [2.45, 2.75) is 24.3 Å². The second-order valence-corrected chi connectivity index (χ2v) is 11.4. The fraction of sp³-hybridized carbons (Fsp3) is 0.174. The third-order valence-electron chi connectivity index (χ3n) is 5.28. The van der Waals surface area contributed by atoms with Gasteiger partial charge in [-0.15, -0.1) is 0 Å². The molecule has 4 rings (SSSR count).